The zero-order valence-electron chi connectivity index (χ0n) is 17.0. The topological polar surface area (TPSA) is 76.1 Å². The molecule has 1 heterocycles. The second-order valence-corrected chi connectivity index (χ2v) is 6.87. The lowest BCUT2D eigenvalue weighted by molar-refractivity contribution is 0.102. The van der Waals surface area contributed by atoms with Crippen LogP contribution in [0.15, 0.2) is 60.7 Å². The third-order valence-electron chi connectivity index (χ3n) is 4.04. The molecule has 0 aliphatic rings. The average molecular weight is 390 g/mol. The van der Waals surface area contributed by atoms with Gasteiger partial charge in [0.25, 0.3) is 5.91 Å². The standard InChI is InChI=1S/C23H26N4O2/c1-4-14-24-21-15-19(25-22(27-21)17-10-6-5-7-11-17)23(28)26-18-12-8-9-13-20(18)29-16(2)3/h5-13,15-16H,4,14H2,1-3H3,(H,26,28)(H,24,25,27). The van der Waals surface area contributed by atoms with Crippen molar-refractivity contribution in [2.45, 2.75) is 33.3 Å². The first-order chi connectivity index (χ1) is 14.1. The first kappa shape index (κ1) is 20.3. The predicted molar refractivity (Wildman–Crippen MR) is 116 cm³/mol. The van der Waals surface area contributed by atoms with Crippen LogP contribution >= 0.6 is 0 Å². The van der Waals surface area contributed by atoms with Crippen molar-refractivity contribution in [1.82, 2.24) is 9.97 Å². The first-order valence-corrected chi connectivity index (χ1v) is 9.82. The van der Waals surface area contributed by atoms with Gasteiger partial charge in [-0.2, -0.15) is 0 Å². The molecule has 0 bridgehead atoms. The molecule has 3 aromatic rings. The Kier molecular flexibility index (Phi) is 6.79. The summed E-state index contributed by atoms with van der Waals surface area (Å²) in [5, 5.41) is 6.16. The van der Waals surface area contributed by atoms with Gasteiger partial charge in [0.1, 0.15) is 17.3 Å². The first-order valence-electron chi connectivity index (χ1n) is 9.82. The van der Waals surface area contributed by atoms with E-state index in [0.717, 1.165) is 18.5 Å². The number of para-hydroxylation sites is 2. The van der Waals surface area contributed by atoms with E-state index in [0.29, 0.717) is 23.1 Å². The lowest BCUT2D eigenvalue weighted by Crippen LogP contribution is -2.17. The van der Waals surface area contributed by atoms with Crippen LogP contribution in [0.1, 0.15) is 37.7 Å². The number of ether oxygens (including phenoxy) is 1. The van der Waals surface area contributed by atoms with Crippen LogP contribution in [0.5, 0.6) is 5.75 Å². The van der Waals surface area contributed by atoms with E-state index in [1.54, 1.807) is 6.07 Å². The van der Waals surface area contributed by atoms with E-state index in [-0.39, 0.29) is 17.7 Å². The fourth-order valence-electron chi connectivity index (χ4n) is 2.74. The van der Waals surface area contributed by atoms with Gasteiger partial charge in [-0.15, -0.1) is 0 Å². The molecule has 0 fully saturated rings. The van der Waals surface area contributed by atoms with Gasteiger partial charge in [-0.3, -0.25) is 4.79 Å². The van der Waals surface area contributed by atoms with E-state index in [1.807, 2.05) is 68.4 Å². The van der Waals surface area contributed by atoms with Crippen molar-refractivity contribution in [3.63, 3.8) is 0 Å². The van der Waals surface area contributed by atoms with Gasteiger partial charge in [0, 0.05) is 18.2 Å². The molecule has 3 rings (SSSR count). The van der Waals surface area contributed by atoms with Gasteiger partial charge in [-0.05, 0) is 32.4 Å². The highest BCUT2D eigenvalue weighted by atomic mass is 16.5. The minimum absolute atomic E-state index is 0.00151. The van der Waals surface area contributed by atoms with Crippen LogP contribution in [0, 0.1) is 0 Å². The number of nitrogens with zero attached hydrogens (tertiary/aromatic N) is 2. The summed E-state index contributed by atoms with van der Waals surface area (Å²) in [5.41, 5.74) is 1.75. The Hall–Kier alpha value is -3.41. The highest BCUT2D eigenvalue weighted by Gasteiger charge is 2.15. The fraction of sp³-hybridized carbons (Fsp3) is 0.261. The lowest BCUT2D eigenvalue weighted by Gasteiger charge is -2.15. The van der Waals surface area contributed by atoms with Crippen LogP contribution < -0.4 is 15.4 Å². The van der Waals surface area contributed by atoms with Gasteiger partial charge in [0.05, 0.1) is 11.8 Å². The molecule has 2 aromatic carbocycles. The van der Waals surface area contributed by atoms with Crippen LogP contribution in [0.4, 0.5) is 11.5 Å². The van der Waals surface area contributed by atoms with E-state index in [1.165, 1.54) is 0 Å². The summed E-state index contributed by atoms with van der Waals surface area (Å²) < 4.78 is 5.79. The number of nitrogens with one attached hydrogen (secondary N) is 2. The van der Waals surface area contributed by atoms with Crippen molar-refractivity contribution in [2.75, 3.05) is 17.2 Å². The number of carbonyl (C=O) groups is 1. The van der Waals surface area contributed by atoms with Crippen LogP contribution in [0.2, 0.25) is 0 Å². The number of hydrogen-bond acceptors (Lipinski definition) is 5. The summed E-state index contributed by atoms with van der Waals surface area (Å²) in [5.74, 6) is 1.43. The second-order valence-electron chi connectivity index (χ2n) is 6.87. The van der Waals surface area contributed by atoms with Gasteiger partial charge in [0.2, 0.25) is 0 Å². The Morgan fingerprint density at radius 2 is 1.76 bits per heavy atom. The van der Waals surface area contributed by atoms with E-state index < -0.39 is 0 Å². The number of anilines is 2. The molecule has 0 unspecified atom stereocenters. The summed E-state index contributed by atoms with van der Waals surface area (Å²) in [6.07, 6.45) is 0.952. The van der Waals surface area contributed by atoms with Crippen molar-refractivity contribution in [3.05, 3.63) is 66.4 Å². The van der Waals surface area contributed by atoms with Crippen LogP contribution in [0.3, 0.4) is 0 Å². The molecule has 2 N–H and O–H groups in total. The third-order valence-corrected chi connectivity index (χ3v) is 4.04. The van der Waals surface area contributed by atoms with E-state index in [9.17, 15) is 4.79 Å². The van der Waals surface area contributed by atoms with E-state index in [2.05, 4.69) is 27.5 Å². The molecule has 6 heteroatoms. The Bertz CT molecular complexity index is 958. The quantitative estimate of drug-likeness (QED) is 0.566. The minimum Gasteiger partial charge on any atom is -0.489 e. The zero-order valence-corrected chi connectivity index (χ0v) is 17.0. The molecule has 29 heavy (non-hydrogen) atoms. The zero-order chi connectivity index (χ0) is 20.6. The summed E-state index contributed by atoms with van der Waals surface area (Å²) in [6, 6.07) is 18.7. The molecule has 150 valence electrons. The number of aromatic nitrogens is 2. The van der Waals surface area contributed by atoms with Crippen molar-refractivity contribution in [1.29, 1.82) is 0 Å². The summed E-state index contributed by atoms with van der Waals surface area (Å²) in [7, 11) is 0. The summed E-state index contributed by atoms with van der Waals surface area (Å²) >= 11 is 0. The third kappa shape index (κ3) is 5.54. The molecule has 0 atom stereocenters. The van der Waals surface area contributed by atoms with Crippen molar-refractivity contribution in [3.8, 4) is 17.1 Å². The number of amides is 1. The maximum Gasteiger partial charge on any atom is 0.274 e. The molecule has 0 saturated carbocycles. The van der Waals surface area contributed by atoms with Crippen molar-refractivity contribution < 1.29 is 9.53 Å². The average Bonchev–Trinajstić information content (AvgIpc) is 2.73. The van der Waals surface area contributed by atoms with Crippen molar-refractivity contribution in [2.24, 2.45) is 0 Å². The predicted octanol–water partition coefficient (Wildman–Crippen LogP) is 5.01. The largest absolute Gasteiger partial charge is 0.489 e. The molecular formula is C23H26N4O2. The van der Waals surface area contributed by atoms with Crippen LogP contribution in [0.25, 0.3) is 11.4 Å². The Morgan fingerprint density at radius 1 is 1.03 bits per heavy atom. The molecule has 0 saturated heterocycles. The van der Waals surface area contributed by atoms with Gasteiger partial charge >= 0.3 is 0 Å². The number of hydrogen-bond donors (Lipinski definition) is 2. The monoisotopic (exact) mass is 390 g/mol. The molecule has 1 amide bonds. The Labute approximate surface area is 171 Å². The van der Waals surface area contributed by atoms with Crippen LogP contribution in [-0.2, 0) is 0 Å². The normalized spacial score (nSPS) is 10.6. The van der Waals surface area contributed by atoms with E-state index in [4.69, 9.17) is 4.74 Å². The smallest absolute Gasteiger partial charge is 0.274 e. The van der Waals surface area contributed by atoms with Crippen molar-refractivity contribution >= 4 is 17.4 Å². The SMILES string of the molecule is CCCNc1cc(C(=O)Nc2ccccc2OC(C)C)nc(-c2ccccc2)n1. The lowest BCUT2D eigenvalue weighted by atomic mass is 10.2. The number of carbonyl (C=O) groups excluding carboxylic acids is 1. The van der Waals surface area contributed by atoms with E-state index >= 15 is 0 Å². The maximum absolute atomic E-state index is 13.0. The molecule has 0 spiro atoms. The molecule has 0 aliphatic heterocycles. The second kappa shape index (κ2) is 9.68. The maximum atomic E-state index is 13.0. The fourth-order valence-corrected chi connectivity index (χ4v) is 2.74. The summed E-state index contributed by atoms with van der Waals surface area (Å²) in [6.45, 7) is 6.73. The molecule has 0 radical (unpaired) electrons. The molecular weight excluding hydrogens is 364 g/mol. The van der Waals surface area contributed by atoms with Gasteiger partial charge < -0.3 is 15.4 Å². The minimum atomic E-state index is -0.316. The number of benzene rings is 2. The van der Waals surface area contributed by atoms with Crippen LogP contribution in [-0.4, -0.2) is 28.5 Å². The molecule has 1 aromatic heterocycles. The van der Waals surface area contributed by atoms with Gasteiger partial charge in [0.15, 0.2) is 5.82 Å². The highest BCUT2D eigenvalue weighted by Crippen LogP contribution is 2.26. The Balaban J connectivity index is 1.92. The molecule has 6 nitrogen and oxygen atoms in total. The molecule has 0 aliphatic carbocycles. The highest BCUT2D eigenvalue weighted by molar-refractivity contribution is 6.04. The number of rotatable bonds is 8. The Morgan fingerprint density at radius 3 is 2.48 bits per heavy atom. The van der Waals surface area contributed by atoms with Gasteiger partial charge in [-0.1, -0.05) is 49.4 Å². The van der Waals surface area contributed by atoms with Gasteiger partial charge in [-0.25, -0.2) is 9.97 Å². The summed E-state index contributed by atoms with van der Waals surface area (Å²) in [4.78, 5) is 22.0.